The number of nitrogens with one attached hydrogen (secondary N) is 5. The Hall–Kier alpha value is -2.44. The van der Waals surface area contributed by atoms with E-state index >= 15 is 0 Å². The molecular weight excluding hydrogens is 234 g/mol. The number of fused-ring (bicyclic) bond motifs is 1. The zero-order valence-corrected chi connectivity index (χ0v) is 9.96. The molecule has 96 valence electrons. The van der Waals surface area contributed by atoms with E-state index in [-0.39, 0.29) is 18.7 Å². The van der Waals surface area contributed by atoms with Gasteiger partial charge in [-0.1, -0.05) is 6.07 Å². The standard InChI is InChI=1S/C11H15N5O2/c1-14-10(12)16-11(13)15-5-7-2-3-8-9(4-7)18-6-17-8/h2-4H,5-6H2,1H3,(H5,12,13,14,15,16). The molecule has 18 heavy (non-hydrogen) atoms. The third kappa shape index (κ3) is 2.82. The summed E-state index contributed by atoms with van der Waals surface area (Å²) >= 11 is 0. The molecular formula is C11H15N5O2. The molecule has 0 spiro atoms. The first-order valence-electron chi connectivity index (χ1n) is 5.43. The molecule has 0 saturated carbocycles. The third-order valence-electron chi connectivity index (χ3n) is 2.41. The number of guanidine groups is 2. The molecule has 0 saturated heterocycles. The molecule has 0 unspecified atom stereocenters. The maximum Gasteiger partial charge on any atom is 0.231 e. The van der Waals surface area contributed by atoms with E-state index in [1.54, 1.807) is 7.05 Å². The SMILES string of the molecule is CNC(=N)NC(=N)NCc1ccc2c(c1)OCO2. The van der Waals surface area contributed by atoms with Crippen LogP contribution in [0.5, 0.6) is 11.5 Å². The van der Waals surface area contributed by atoms with Gasteiger partial charge in [0.2, 0.25) is 6.79 Å². The number of benzene rings is 1. The topological polar surface area (TPSA) is 102 Å². The van der Waals surface area contributed by atoms with Gasteiger partial charge in [-0.2, -0.15) is 0 Å². The van der Waals surface area contributed by atoms with Crippen LogP contribution in [0.25, 0.3) is 0 Å². The molecule has 1 aliphatic rings. The van der Waals surface area contributed by atoms with Crippen LogP contribution in [0.1, 0.15) is 5.56 Å². The monoisotopic (exact) mass is 249 g/mol. The Morgan fingerprint density at radius 3 is 2.78 bits per heavy atom. The largest absolute Gasteiger partial charge is 0.454 e. The lowest BCUT2D eigenvalue weighted by molar-refractivity contribution is 0.174. The van der Waals surface area contributed by atoms with Crippen molar-refractivity contribution in [2.75, 3.05) is 13.8 Å². The summed E-state index contributed by atoms with van der Waals surface area (Å²) in [7, 11) is 1.61. The Balaban J connectivity index is 1.87. The van der Waals surface area contributed by atoms with Gasteiger partial charge in [-0.05, 0) is 17.7 Å². The lowest BCUT2D eigenvalue weighted by Crippen LogP contribution is -2.44. The van der Waals surface area contributed by atoms with E-state index in [4.69, 9.17) is 20.3 Å². The fraction of sp³-hybridized carbons (Fsp3) is 0.273. The van der Waals surface area contributed by atoms with Crippen molar-refractivity contribution in [3.63, 3.8) is 0 Å². The summed E-state index contributed by atoms with van der Waals surface area (Å²) in [6, 6.07) is 5.61. The predicted molar refractivity (Wildman–Crippen MR) is 67.1 cm³/mol. The molecule has 1 aliphatic heterocycles. The van der Waals surface area contributed by atoms with Crippen molar-refractivity contribution in [2.24, 2.45) is 0 Å². The minimum atomic E-state index is 0.0621. The van der Waals surface area contributed by atoms with Gasteiger partial charge < -0.3 is 20.1 Å². The second-order valence-electron chi connectivity index (χ2n) is 3.67. The number of ether oxygens (including phenoxy) is 2. The summed E-state index contributed by atoms with van der Waals surface area (Å²) in [5, 5.41) is 22.9. The minimum absolute atomic E-state index is 0.0621. The molecule has 0 atom stereocenters. The van der Waals surface area contributed by atoms with E-state index in [9.17, 15) is 0 Å². The first-order chi connectivity index (χ1) is 8.69. The average molecular weight is 249 g/mol. The first-order valence-corrected chi connectivity index (χ1v) is 5.43. The van der Waals surface area contributed by atoms with E-state index in [1.165, 1.54) is 0 Å². The van der Waals surface area contributed by atoms with E-state index in [0.29, 0.717) is 6.54 Å². The van der Waals surface area contributed by atoms with Crippen LogP contribution >= 0.6 is 0 Å². The summed E-state index contributed by atoms with van der Waals surface area (Å²) in [6.45, 7) is 0.725. The van der Waals surface area contributed by atoms with Gasteiger partial charge in [0.25, 0.3) is 0 Å². The summed E-state index contributed by atoms with van der Waals surface area (Å²) < 4.78 is 10.5. The first kappa shape index (κ1) is 12.0. The number of hydrogen-bond acceptors (Lipinski definition) is 4. The number of hydrogen-bond donors (Lipinski definition) is 5. The molecule has 0 radical (unpaired) electrons. The van der Waals surface area contributed by atoms with E-state index < -0.39 is 0 Å². The lowest BCUT2D eigenvalue weighted by atomic mass is 10.2. The van der Waals surface area contributed by atoms with Crippen LogP contribution in [0.15, 0.2) is 18.2 Å². The van der Waals surface area contributed by atoms with Crippen LogP contribution < -0.4 is 25.4 Å². The highest BCUT2D eigenvalue weighted by molar-refractivity contribution is 5.95. The van der Waals surface area contributed by atoms with Crippen LogP contribution in [0.3, 0.4) is 0 Å². The Labute approximate surface area is 104 Å². The molecule has 0 fully saturated rings. The van der Waals surface area contributed by atoms with Gasteiger partial charge in [-0.3, -0.25) is 16.1 Å². The van der Waals surface area contributed by atoms with Gasteiger partial charge in [-0.15, -0.1) is 0 Å². The molecule has 5 N–H and O–H groups in total. The van der Waals surface area contributed by atoms with Gasteiger partial charge in [0.15, 0.2) is 23.4 Å². The highest BCUT2D eigenvalue weighted by Gasteiger charge is 2.13. The van der Waals surface area contributed by atoms with Gasteiger partial charge in [0, 0.05) is 13.6 Å². The quantitative estimate of drug-likeness (QED) is 0.380. The molecule has 0 bridgehead atoms. The van der Waals surface area contributed by atoms with Crippen LogP contribution in [-0.2, 0) is 6.54 Å². The van der Waals surface area contributed by atoms with Crippen molar-refractivity contribution in [3.05, 3.63) is 23.8 Å². The highest BCUT2D eigenvalue weighted by atomic mass is 16.7. The van der Waals surface area contributed by atoms with Crippen molar-refractivity contribution in [1.82, 2.24) is 16.0 Å². The van der Waals surface area contributed by atoms with E-state index in [0.717, 1.165) is 17.1 Å². The van der Waals surface area contributed by atoms with Crippen LogP contribution in [0, 0.1) is 10.8 Å². The van der Waals surface area contributed by atoms with Gasteiger partial charge in [-0.25, -0.2) is 0 Å². The smallest absolute Gasteiger partial charge is 0.231 e. The van der Waals surface area contributed by atoms with Gasteiger partial charge in [0.05, 0.1) is 0 Å². The van der Waals surface area contributed by atoms with Crippen LogP contribution in [-0.4, -0.2) is 25.8 Å². The Kier molecular flexibility index (Phi) is 3.52. The van der Waals surface area contributed by atoms with Crippen molar-refractivity contribution in [1.29, 1.82) is 10.8 Å². The second-order valence-corrected chi connectivity index (χ2v) is 3.67. The summed E-state index contributed by atoms with van der Waals surface area (Å²) in [4.78, 5) is 0. The van der Waals surface area contributed by atoms with E-state index in [1.807, 2.05) is 18.2 Å². The third-order valence-corrected chi connectivity index (χ3v) is 2.41. The molecule has 0 amide bonds. The molecule has 1 aromatic rings. The normalized spacial score (nSPS) is 11.8. The molecule has 2 rings (SSSR count). The van der Waals surface area contributed by atoms with Gasteiger partial charge in [0.1, 0.15) is 0 Å². The van der Waals surface area contributed by atoms with Crippen LogP contribution in [0.2, 0.25) is 0 Å². The highest BCUT2D eigenvalue weighted by Crippen LogP contribution is 2.32. The predicted octanol–water partition coefficient (Wildman–Crippen LogP) is 0.183. The molecule has 0 aromatic heterocycles. The second kappa shape index (κ2) is 5.26. The molecule has 1 heterocycles. The molecule has 7 nitrogen and oxygen atoms in total. The minimum Gasteiger partial charge on any atom is -0.454 e. The zero-order chi connectivity index (χ0) is 13.0. The molecule has 1 aromatic carbocycles. The molecule has 0 aliphatic carbocycles. The van der Waals surface area contributed by atoms with Crippen molar-refractivity contribution in [3.8, 4) is 11.5 Å². The van der Waals surface area contributed by atoms with E-state index in [2.05, 4.69) is 16.0 Å². The maximum absolute atomic E-state index is 7.57. The summed E-state index contributed by atoms with van der Waals surface area (Å²) in [5.41, 5.74) is 0.974. The molecule has 7 heteroatoms. The summed E-state index contributed by atoms with van der Waals surface area (Å²) in [6.07, 6.45) is 0. The van der Waals surface area contributed by atoms with Crippen molar-refractivity contribution >= 4 is 11.9 Å². The Morgan fingerprint density at radius 2 is 2.00 bits per heavy atom. The van der Waals surface area contributed by atoms with Gasteiger partial charge >= 0.3 is 0 Å². The zero-order valence-electron chi connectivity index (χ0n) is 9.96. The number of rotatable bonds is 2. The summed E-state index contributed by atoms with van der Waals surface area (Å²) in [5.74, 6) is 1.59. The fourth-order valence-corrected chi connectivity index (χ4v) is 1.47. The lowest BCUT2D eigenvalue weighted by Gasteiger charge is -2.10. The van der Waals surface area contributed by atoms with Crippen molar-refractivity contribution < 1.29 is 9.47 Å². The van der Waals surface area contributed by atoms with Crippen LogP contribution in [0.4, 0.5) is 0 Å². The average Bonchev–Trinajstić information content (AvgIpc) is 2.83. The Bertz CT molecular complexity index is 475. The fourth-order valence-electron chi connectivity index (χ4n) is 1.47. The maximum atomic E-state index is 7.57. The Morgan fingerprint density at radius 1 is 1.22 bits per heavy atom. The van der Waals surface area contributed by atoms with Crippen molar-refractivity contribution in [2.45, 2.75) is 6.54 Å².